The Morgan fingerprint density at radius 1 is 1.19 bits per heavy atom. The summed E-state index contributed by atoms with van der Waals surface area (Å²) in [6.07, 6.45) is 0.819. The fraction of sp³-hybridized carbons (Fsp3) is 0.269. The van der Waals surface area contributed by atoms with Gasteiger partial charge >= 0.3 is 6.03 Å². The van der Waals surface area contributed by atoms with Crippen LogP contribution in [0.5, 0.6) is 5.75 Å². The summed E-state index contributed by atoms with van der Waals surface area (Å²) in [6.45, 7) is 9.33. The number of nitrogens with one attached hydrogen (secondary N) is 2. The van der Waals surface area contributed by atoms with Crippen LogP contribution < -0.4 is 15.4 Å². The Labute approximate surface area is 210 Å². The summed E-state index contributed by atoms with van der Waals surface area (Å²) in [5, 5.41) is 4.91. The second-order valence-corrected chi connectivity index (χ2v) is 10.6. The smallest absolute Gasteiger partial charge is 0.319 e. The SMILES string of the molecule is C=C/C(F)=C(\C(=C)F)C(C)NC(=O)Nc1ccc(S(=O)(=O)Cc2ccc3c(c2)CN(C)C3)cc1OC. The molecular formula is C26H29F2N3O4S. The van der Waals surface area contributed by atoms with Crippen molar-refractivity contribution in [2.24, 2.45) is 0 Å². The molecule has 1 aliphatic heterocycles. The fourth-order valence-electron chi connectivity index (χ4n) is 4.09. The molecule has 0 saturated carbocycles. The number of hydrogen-bond acceptors (Lipinski definition) is 5. The second kappa shape index (κ2) is 11.0. The number of benzene rings is 2. The maximum absolute atomic E-state index is 13.9. The van der Waals surface area contributed by atoms with Crippen molar-refractivity contribution in [2.75, 3.05) is 19.5 Å². The van der Waals surface area contributed by atoms with Crippen molar-refractivity contribution in [3.63, 3.8) is 0 Å². The van der Waals surface area contributed by atoms with Crippen LogP contribution in [0.15, 0.2) is 77.8 Å². The summed E-state index contributed by atoms with van der Waals surface area (Å²) < 4.78 is 59.0. The minimum absolute atomic E-state index is 0.0308. The molecule has 192 valence electrons. The maximum Gasteiger partial charge on any atom is 0.319 e. The number of allylic oxidation sites excluding steroid dienone is 2. The third-order valence-electron chi connectivity index (χ3n) is 5.80. The molecule has 7 nitrogen and oxygen atoms in total. The van der Waals surface area contributed by atoms with E-state index in [4.69, 9.17) is 4.74 Å². The van der Waals surface area contributed by atoms with Crippen molar-refractivity contribution in [1.29, 1.82) is 0 Å². The van der Waals surface area contributed by atoms with E-state index in [0.717, 1.165) is 24.7 Å². The van der Waals surface area contributed by atoms with Crippen LogP contribution in [0, 0.1) is 0 Å². The first-order valence-corrected chi connectivity index (χ1v) is 12.7. The molecule has 2 amide bonds. The number of sulfone groups is 1. The topological polar surface area (TPSA) is 87.7 Å². The number of ether oxygens (including phenoxy) is 1. The Hall–Kier alpha value is -3.50. The van der Waals surface area contributed by atoms with E-state index in [2.05, 4.69) is 28.7 Å². The van der Waals surface area contributed by atoms with E-state index in [1.54, 1.807) is 0 Å². The lowest BCUT2D eigenvalue weighted by molar-refractivity contribution is 0.250. The number of nitrogens with zero attached hydrogens (tertiary/aromatic N) is 1. The highest BCUT2D eigenvalue weighted by atomic mass is 32.2. The first kappa shape index (κ1) is 27.1. The highest BCUT2D eigenvalue weighted by molar-refractivity contribution is 7.90. The van der Waals surface area contributed by atoms with Gasteiger partial charge in [0.2, 0.25) is 0 Å². The molecule has 2 aromatic carbocycles. The number of halogens is 2. The van der Waals surface area contributed by atoms with Gasteiger partial charge in [0.15, 0.2) is 9.84 Å². The number of anilines is 1. The molecule has 0 radical (unpaired) electrons. The first-order valence-electron chi connectivity index (χ1n) is 11.1. The number of rotatable bonds is 9. The van der Waals surface area contributed by atoms with Gasteiger partial charge in [-0.25, -0.2) is 22.0 Å². The van der Waals surface area contributed by atoms with Crippen LogP contribution in [0.1, 0.15) is 23.6 Å². The van der Waals surface area contributed by atoms with Crippen LogP contribution in [0.4, 0.5) is 19.3 Å². The van der Waals surface area contributed by atoms with Crippen molar-refractivity contribution < 1.29 is 26.7 Å². The van der Waals surface area contributed by atoms with Crippen LogP contribution >= 0.6 is 0 Å². The van der Waals surface area contributed by atoms with Gasteiger partial charge < -0.3 is 15.4 Å². The zero-order valence-electron chi connectivity index (χ0n) is 20.4. The zero-order chi connectivity index (χ0) is 26.6. The number of urea groups is 1. The van der Waals surface area contributed by atoms with E-state index in [1.807, 2.05) is 25.2 Å². The Balaban J connectivity index is 1.75. The minimum Gasteiger partial charge on any atom is -0.495 e. The molecule has 0 saturated heterocycles. The highest BCUT2D eigenvalue weighted by Crippen LogP contribution is 2.30. The molecule has 2 aromatic rings. The van der Waals surface area contributed by atoms with Crippen LogP contribution in [0.3, 0.4) is 0 Å². The molecule has 1 atom stereocenters. The normalized spacial score (nSPS) is 14.9. The lowest BCUT2D eigenvalue weighted by Crippen LogP contribution is -2.37. The molecule has 0 aliphatic carbocycles. The molecule has 1 aliphatic rings. The number of carbonyl (C=O) groups is 1. The van der Waals surface area contributed by atoms with E-state index in [-0.39, 0.29) is 22.1 Å². The van der Waals surface area contributed by atoms with Gasteiger partial charge in [-0.05, 0) is 48.9 Å². The Bertz CT molecular complexity index is 1340. The number of amides is 2. The lowest BCUT2D eigenvalue weighted by Gasteiger charge is -2.18. The molecule has 2 N–H and O–H groups in total. The summed E-state index contributed by atoms with van der Waals surface area (Å²) in [5.74, 6) is -2.06. The van der Waals surface area contributed by atoms with Crippen molar-refractivity contribution in [2.45, 2.75) is 36.7 Å². The first-order chi connectivity index (χ1) is 16.9. The average molecular weight is 518 g/mol. The van der Waals surface area contributed by atoms with E-state index in [1.165, 1.54) is 37.8 Å². The Morgan fingerprint density at radius 3 is 2.53 bits per heavy atom. The van der Waals surface area contributed by atoms with E-state index in [0.29, 0.717) is 5.56 Å². The molecule has 36 heavy (non-hydrogen) atoms. The standard InChI is InChI=1S/C26H29F2N3O4S/c1-6-22(28)25(16(2)27)17(3)29-26(32)30-23-10-9-21(12-24(23)35-5)36(33,34)15-18-7-8-19-13-31(4)14-20(19)11-18/h6-12,17H,1-2,13-15H2,3-5H3,(H2,29,30,32)/b25-22-. The van der Waals surface area contributed by atoms with Gasteiger partial charge in [-0.1, -0.05) is 31.4 Å². The van der Waals surface area contributed by atoms with Crippen molar-refractivity contribution in [3.05, 3.63) is 89.5 Å². The van der Waals surface area contributed by atoms with Crippen molar-refractivity contribution in [3.8, 4) is 5.75 Å². The molecule has 1 heterocycles. The van der Waals surface area contributed by atoms with Crippen molar-refractivity contribution in [1.82, 2.24) is 10.2 Å². The van der Waals surface area contributed by atoms with Gasteiger partial charge in [-0.2, -0.15) is 0 Å². The molecular weight excluding hydrogens is 488 g/mol. The summed E-state index contributed by atoms with van der Waals surface area (Å²) >= 11 is 0. The number of carbonyl (C=O) groups excluding carboxylic acids is 1. The molecule has 1 unspecified atom stereocenters. The van der Waals surface area contributed by atoms with Crippen LogP contribution in [-0.4, -0.2) is 39.5 Å². The summed E-state index contributed by atoms with van der Waals surface area (Å²) in [7, 11) is -0.364. The number of hydrogen-bond donors (Lipinski definition) is 2. The minimum atomic E-state index is -3.70. The van der Waals surface area contributed by atoms with Crippen LogP contribution in [0.2, 0.25) is 0 Å². The predicted octanol–water partition coefficient (Wildman–Crippen LogP) is 5.02. The van der Waals surface area contributed by atoms with Gasteiger partial charge in [0.05, 0.1) is 29.5 Å². The summed E-state index contributed by atoms with van der Waals surface area (Å²) in [5.41, 5.74) is 2.73. The highest BCUT2D eigenvalue weighted by Gasteiger charge is 2.22. The largest absolute Gasteiger partial charge is 0.495 e. The lowest BCUT2D eigenvalue weighted by atomic mass is 10.1. The van der Waals surface area contributed by atoms with E-state index < -0.39 is 39.1 Å². The van der Waals surface area contributed by atoms with Crippen LogP contribution in [0.25, 0.3) is 0 Å². The third kappa shape index (κ3) is 6.19. The molecule has 10 heteroatoms. The predicted molar refractivity (Wildman–Crippen MR) is 136 cm³/mol. The summed E-state index contributed by atoms with van der Waals surface area (Å²) in [4.78, 5) is 14.6. The van der Waals surface area contributed by atoms with Gasteiger partial charge in [0.25, 0.3) is 0 Å². The van der Waals surface area contributed by atoms with Gasteiger partial charge in [-0.15, -0.1) is 0 Å². The van der Waals surface area contributed by atoms with Gasteiger partial charge in [-0.3, -0.25) is 4.90 Å². The maximum atomic E-state index is 13.9. The molecule has 0 aromatic heterocycles. The van der Waals surface area contributed by atoms with Crippen molar-refractivity contribution >= 4 is 21.6 Å². The average Bonchev–Trinajstić information content (AvgIpc) is 3.17. The summed E-state index contributed by atoms with van der Waals surface area (Å²) in [6, 6.07) is 7.93. The Morgan fingerprint density at radius 2 is 1.89 bits per heavy atom. The van der Waals surface area contributed by atoms with Gasteiger partial charge in [0, 0.05) is 24.7 Å². The zero-order valence-corrected chi connectivity index (χ0v) is 21.2. The van der Waals surface area contributed by atoms with E-state index in [9.17, 15) is 22.0 Å². The molecule has 0 bridgehead atoms. The quantitative estimate of drug-likeness (QED) is 0.456. The van der Waals surface area contributed by atoms with Gasteiger partial charge in [0.1, 0.15) is 17.4 Å². The fourth-order valence-corrected chi connectivity index (χ4v) is 5.43. The Kier molecular flexibility index (Phi) is 8.31. The van der Waals surface area contributed by atoms with Crippen LogP contribution in [-0.2, 0) is 28.7 Å². The number of methoxy groups -OCH3 is 1. The molecule has 3 rings (SSSR count). The monoisotopic (exact) mass is 517 g/mol. The second-order valence-electron chi connectivity index (χ2n) is 8.59. The molecule has 0 spiro atoms. The third-order valence-corrected chi connectivity index (χ3v) is 7.48. The molecule has 0 fully saturated rings. The number of fused-ring (bicyclic) bond motifs is 1. The van der Waals surface area contributed by atoms with E-state index >= 15 is 0 Å².